The van der Waals surface area contributed by atoms with E-state index < -0.39 is 0 Å². The van der Waals surface area contributed by atoms with Gasteiger partial charge < -0.3 is 4.98 Å². The molecule has 2 heterocycles. The molecule has 0 atom stereocenters. The highest BCUT2D eigenvalue weighted by atomic mass is 79.9. The van der Waals surface area contributed by atoms with E-state index in [-0.39, 0.29) is 0 Å². The van der Waals surface area contributed by atoms with Crippen LogP contribution in [-0.4, -0.2) is 15.0 Å². The SMILES string of the molecule is Cc1c(-c2ccccc2)[nH]c(-c2ncccc2Br)nc1=S. The molecule has 3 nitrogen and oxygen atoms in total. The smallest absolute Gasteiger partial charge is 0.159 e. The molecule has 1 N–H and O–H groups in total. The Labute approximate surface area is 136 Å². The number of aromatic amines is 1. The summed E-state index contributed by atoms with van der Waals surface area (Å²) in [5.41, 5.74) is 3.77. The van der Waals surface area contributed by atoms with Crippen molar-refractivity contribution >= 4 is 28.1 Å². The quantitative estimate of drug-likeness (QED) is 0.660. The first-order valence-electron chi connectivity index (χ1n) is 6.44. The molecular weight excluding hydrogens is 346 g/mol. The average Bonchev–Trinajstić information content (AvgIpc) is 2.51. The van der Waals surface area contributed by atoms with E-state index in [1.165, 1.54) is 0 Å². The first-order valence-corrected chi connectivity index (χ1v) is 7.64. The normalized spacial score (nSPS) is 10.6. The summed E-state index contributed by atoms with van der Waals surface area (Å²) in [6.07, 6.45) is 1.74. The van der Waals surface area contributed by atoms with Gasteiger partial charge in [-0.2, -0.15) is 0 Å². The van der Waals surface area contributed by atoms with E-state index in [1.807, 2.05) is 49.4 Å². The maximum absolute atomic E-state index is 5.40. The number of hydrogen-bond acceptors (Lipinski definition) is 3. The number of hydrogen-bond donors (Lipinski definition) is 1. The summed E-state index contributed by atoms with van der Waals surface area (Å²) in [5, 5.41) is 0. The van der Waals surface area contributed by atoms with Gasteiger partial charge in [0.05, 0.1) is 5.69 Å². The molecule has 21 heavy (non-hydrogen) atoms. The summed E-state index contributed by atoms with van der Waals surface area (Å²) in [5.74, 6) is 0.664. The van der Waals surface area contributed by atoms with Crippen LogP contribution in [-0.2, 0) is 0 Å². The number of benzene rings is 1. The first-order chi connectivity index (χ1) is 10.2. The summed E-state index contributed by atoms with van der Waals surface area (Å²) >= 11 is 8.90. The van der Waals surface area contributed by atoms with Crippen LogP contribution in [0.15, 0.2) is 53.1 Å². The molecular formula is C16H12BrN3S. The highest BCUT2D eigenvalue weighted by Gasteiger charge is 2.11. The monoisotopic (exact) mass is 357 g/mol. The van der Waals surface area contributed by atoms with Crippen LogP contribution in [0.1, 0.15) is 5.56 Å². The molecule has 0 radical (unpaired) electrons. The zero-order valence-electron chi connectivity index (χ0n) is 11.3. The number of H-pyrrole nitrogens is 1. The molecule has 3 rings (SSSR count). The van der Waals surface area contributed by atoms with Gasteiger partial charge in [0.25, 0.3) is 0 Å². The summed E-state index contributed by atoms with van der Waals surface area (Å²) in [6, 6.07) is 13.9. The van der Waals surface area contributed by atoms with Crippen LogP contribution in [0.4, 0.5) is 0 Å². The molecule has 0 saturated carbocycles. The minimum atomic E-state index is 0.583. The lowest BCUT2D eigenvalue weighted by molar-refractivity contribution is 1.10. The van der Waals surface area contributed by atoms with Crippen molar-refractivity contribution in [2.24, 2.45) is 0 Å². The molecule has 0 spiro atoms. The molecule has 0 aliphatic heterocycles. The number of nitrogens with one attached hydrogen (secondary N) is 1. The van der Waals surface area contributed by atoms with Crippen LogP contribution in [0.2, 0.25) is 0 Å². The second kappa shape index (κ2) is 5.87. The summed E-state index contributed by atoms with van der Waals surface area (Å²) in [4.78, 5) is 12.2. The fourth-order valence-corrected chi connectivity index (χ4v) is 2.73. The van der Waals surface area contributed by atoms with Crippen LogP contribution in [0.25, 0.3) is 22.8 Å². The van der Waals surface area contributed by atoms with E-state index in [9.17, 15) is 0 Å². The predicted octanol–water partition coefficient (Wildman–Crippen LogP) is 4.94. The predicted molar refractivity (Wildman–Crippen MR) is 90.5 cm³/mol. The van der Waals surface area contributed by atoms with E-state index in [1.54, 1.807) is 6.20 Å². The first kappa shape index (κ1) is 14.1. The Morgan fingerprint density at radius 1 is 1.10 bits per heavy atom. The van der Waals surface area contributed by atoms with Gasteiger partial charge in [0.1, 0.15) is 10.3 Å². The number of rotatable bonds is 2. The molecule has 0 aliphatic rings. The highest BCUT2D eigenvalue weighted by molar-refractivity contribution is 9.10. The molecule has 0 bridgehead atoms. The van der Waals surface area contributed by atoms with Crippen molar-refractivity contribution in [2.75, 3.05) is 0 Å². The third-order valence-corrected chi connectivity index (χ3v) is 4.24. The van der Waals surface area contributed by atoms with E-state index in [2.05, 4.69) is 30.9 Å². The van der Waals surface area contributed by atoms with E-state index in [0.717, 1.165) is 27.0 Å². The summed E-state index contributed by atoms with van der Waals surface area (Å²) in [6.45, 7) is 1.98. The third kappa shape index (κ3) is 2.80. The molecule has 104 valence electrons. The van der Waals surface area contributed by atoms with Gasteiger partial charge in [-0.25, -0.2) is 4.98 Å². The Kier molecular flexibility index (Phi) is 3.94. The molecule has 2 aromatic heterocycles. The minimum absolute atomic E-state index is 0.583. The van der Waals surface area contributed by atoms with Crippen molar-refractivity contribution in [1.29, 1.82) is 0 Å². The Hall–Kier alpha value is -1.85. The summed E-state index contributed by atoms with van der Waals surface area (Å²) < 4.78 is 1.46. The summed E-state index contributed by atoms with van der Waals surface area (Å²) in [7, 11) is 0. The lowest BCUT2D eigenvalue weighted by Crippen LogP contribution is -1.98. The van der Waals surface area contributed by atoms with Crippen LogP contribution in [0.3, 0.4) is 0 Å². The van der Waals surface area contributed by atoms with Crippen LogP contribution in [0.5, 0.6) is 0 Å². The zero-order valence-corrected chi connectivity index (χ0v) is 13.7. The van der Waals surface area contributed by atoms with Gasteiger partial charge in [-0.3, -0.25) is 4.98 Å². The number of aromatic nitrogens is 3. The van der Waals surface area contributed by atoms with Gasteiger partial charge in [-0.05, 0) is 40.5 Å². The van der Waals surface area contributed by atoms with Crippen molar-refractivity contribution in [3.8, 4) is 22.8 Å². The minimum Gasteiger partial charge on any atom is -0.338 e. The molecule has 5 heteroatoms. The fraction of sp³-hybridized carbons (Fsp3) is 0.0625. The highest BCUT2D eigenvalue weighted by Crippen LogP contribution is 2.27. The molecule has 0 fully saturated rings. The van der Waals surface area contributed by atoms with Gasteiger partial charge >= 0.3 is 0 Å². The maximum Gasteiger partial charge on any atom is 0.159 e. The maximum atomic E-state index is 5.40. The van der Waals surface area contributed by atoms with Crippen molar-refractivity contribution in [3.63, 3.8) is 0 Å². The van der Waals surface area contributed by atoms with Crippen LogP contribution >= 0.6 is 28.1 Å². The van der Waals surface area contributed by atoms with Gasteiger partial charge in [0, 0.05) is 16.2 Å². The van der Waals surface area contributed by atoms with Crippen LogP contribution < -0.4 is 0 Å². The molecule has 1 aromatic carbocycles. The van der Waals surface area contributed by atoms with E-state index >= 15 is 0 Å². The lowest BCUT2D eigenvalue weighted by Gasteiger charge is -2.10. The molecule has 3 aromatic rings. The Morgan fingerprint density at radius 2 is 1.86 bits per heavy atom. The topological polar surface area (TPSA) is 41.6 Å². The van der Waals surface area contributed by atoms with Crippen LogP contribution in [0, 0.1) is 11.6 Å². The Balaban J connectivity index is 2.24. The molecule has 0 amide bonds. The lowest BCUT2D eigenvalue weighted by atomic mass is 10.1. The Bertz CT molecular complexity index is 844. The molecule has 0 aliphatic carbocycles. The van der Waals surface area contributed by atoms with Gasteiger partial charge in [0.2, 0.25) is 0 Å². The second-order valence-electron chi connectivity index (χ2n) is 4.59. The van der Waals surface area contributed by atoms with Crippen molar-refractivity contribution in [2.45, 2.75) is 6.92 Å². The number of halogens is 1. The van der Waals surface area contributed by atoms with Gasteiger partial charge in [-0.15, -0.1) is 0 Å². The zero-order chi connectivity index (χ0) is 14.8. The molecule has 0 unspecified atom stereocenters. The Morgan fingerprint density at radius 3 is 2.57 bits per heavy atom. The number of nitrogens with zero attached hydrogens (tertiary/aromatic N) is 2. The second-order valence-corrected chi connectivity index (χ2v) is 5.83. The largest absolute Gasteiger partial charge is 0.338 e. The molecule has 0 saturated heterocycles. The van der Waals surface area contributed by atoms with Crippen molar-refractivity contribution < 1.29 is 0 Å². The third-order valence-electron chi connectivity index (χ3n) is 3.20. The van der Waals surface area contributed by atoms with Crippen molar-refractivity contribution in [1.82, 2.24) is 15.0 Å². The van der Waals surface area contributed by atoms with E-state index in [0.29, 0.717) is 10.5 Å². The van der Waals surface area contributed by atoms with Gasteiger partial charge in [-0.1, -0.05) is 42.5 Å². The fourth-order valence-electron chi connectivity index (χ4n) is 2.10. The standard InChI is InChI=1S/C16H12BrN3S/c1-10-13(11-6-3-2-4-7-11)19-15(20-16(10)21)14-12(17)8-5-9-18-14/h2-9H,1H3,(H,19,20,21). The van der Waals surface area contributed by atoms with Gasteiger partial charge in [0.15, 0.2) is 5.82 Å². The van der Waals surface area contributed by atoms with Crippen molar-refractivity contribution in [3.05, 3.63) is 63.3 Å². The number of pyridine rings is 1. The average molecular weight is 358 g/mol. The van der Waals surface area contributed by atoms with E-state index in [4.69, 9.17) is 12.2 Å².